The van der Waals surface area contributed by atoms with Crippen LogP contribution in [0.4, 0.5) is 5.95 Å². The van der Waals surface area contributed by atoms with Crippen molar-refractivity contribution in [1.82, 2.24) is 29.5 Å². The molecule has 3 fully saturated rings. The van der Waals surface area contributed by atoms with E-state index in [1.54, 1.807) is 0 Å². The number of amides is 2. The number of aromatic nitrogens is 3. The Morgan fingerprint density at radius 2 is 1.40 bits per heavy atom. The Bertz CT molecular complexity index is 994. The van der Waals surface area contributed by atoms with Crippen LogP contribution in [0.25, 0.3) is 5.69 Å². The minimum absolute atomic E-state index is 0.114. The second-order valence-electron chi connectivity index (χ2n) is 9.53. The highest BCUT2D eigenvalue weighted by molar-refractivity contribution is 7.99. The third-order valence-corrected chi connectivity index (χ3v) is 8.05. The van der Waals surface area contributed by atoms with E-state index >= 15 is 0 Å². The van der Waals surface area contributed by atoms with Crippen LogP contribution in [0.3, 0.4) is 0 Å². The first-order valence-electron chi connectivity index (χ1n) is 12.9. The van der Waals surface area contributed by atoms with Crippen LogP contribution < -0.4 is 4.90 Å². The van der Waals surface area contributed by atoms with Crippen molar-refractivity contribution in [3.63, 3.8) is 0 Å². The Hall–Kier alpha value is -2.59. The van der Waals surface area contributed by atoms with Gasteiger partial charge in [0.05, 0.1) is 18.0 Å². The maximum atomic E-state index is 13.0. The number of anilines is 1. The fourth-order valence-electron chi connectivity index (χ4n) is 5.09. The summed E-state index contributed by atoms with van der Waals surface area (Å²) in [6.45, 7) is 7.04. The molecule has 0 N–H and O–H groups in total. The summed E-state index contributed by atoms with van der Waals surface area (Å²) in [6.07, 6.45) is 5.81. The van der Waals surface area contributed by atoms with Gasteiger partial charge in [0.25, 0.3) is 0 Å². The number of benzene rings is 1. The Labute approximate surface area is 211 Å². The van der Waals surface area contributed by atoms with Crippen molar-refractivity contribution in [2.24, 2.45) is 0 Å². The van der Waals surface area contributed by atoms with E-state index in [9.17, 15) is 9.59 Å². The number of carbonyl (C=O) groups excluding carboxylic acids is 2. The van der Waals surface area contributed by atoms with Crippen LogP contribution in [0, 0.1) is 0 Å². The molecule has 3 saturated heterocycles. The maximum Gasteiger partial charge on any atom is 0.236 e. The highest BCUT2D eigenvalue weighted by Gasteiger charge is 2.26. The Morgan fingerprint density at radius 1 is 0.743 bits per heavy atom. The first-order chi connectivity index (χ1) is 17.2. The lowest BCUT2D eigenvalue weighted by Crippen LogP contribution is -2.51. The van der Waals surface area contributed by atoms with Crippen LogP contribution in [0.1, 0.15) is 32.1 Å². The van der Waals surface area contributed by atoms with Gasteiger partial charge in [0.2, 0.25) is 17.8 Å². The molecule has 0 unspecified atom stereocenters. The number of hydrogen-bond acceptors (Lipinski definition) is 7. The topological polar surface area (TPSA) is 77.8 Å². The lowest BCUT2D eigenvalue weighted by Gasteiger charge is -2.35. The normalized spacial score (nSPS) is 19.4. The summed E-state index contributed by atoms with van der Waals surface area (Å²) in [4.78, 5) is 33.8. The van der Waals surface area contributed by atoms with Gasteiger partial charge in [0.15, 0.2) is 5.16 Å². The molecule has 0 aliphatic carbocycles. The van der Waals surface area contributed by atoms with Crippen molar-refractivity contribution in [3.8, 4) is 5.69 Å². The Morgan fingerprint density at radius 3 is 2.11 bits per heavy atom. The molecule has 1 aromatic carbocycles. The molecule has 0 bridgehead atoms. The number of nitrogens with zero attached hydrogens (tertiary/aromatic N) is 7. The second kappa shape index (κ2) is 11.4. The van der Waals surface area contributed by atoms with E-state index in [-0.39, 0.29) is 11.8 Å². The molecule has 188 valence electrons. The summed E-state index contributed by atoms with van der Waals surface area (Å²) in [5, 5.41) is 9.76. The molecule has 1 aromatic heterocycles. The van der Waals surface area contributed by atoms with Gasteiger partial charge in [-0.1, -0.05) is 30.0 Å². The van der Waals surface area contributed by atoms with Gasteiger partial charge >= 0.3 is 0 Å². The van der Waals surface area contributed by atoms with Crippen molar-refractivity contribution in [2.45, 2.75) is 37.3 Å². The third-order valence-electron chi connectivity index (χ3n) is 7.14. The molecule has 0 atom stereocenters. The summed E-state index contributed by atoms with van der Waals surface area (Å²) in [5.74, 6) is 1.53. The number of piperidine rings is 1. The van der Waals surface area contributed by atoms with E-state index < -0.39 is 0 Å². The molecule has 0 saturated carbocycles. The summed E-state index contributed by atoms with van der Waals surface area (Å²) in [5.41, 5.74) is 1.02. The zero-order valence-corrected chi connectivity index (χ0v) is 21.2. The molecule has 0 radical (unpaired) electrons. The maximum absolute atomic E-state index is 13.0. The molecular formula is C25H35N7O2S. The number of rotatable bonds is 7. The molecule has 2 amide bonds. The van der Waals surface area contributed by atoms with Crippen molar-refractivity contribution in [1.29, 1.82) is 0 Å². The van der Waals surface area contributed by atoms with Crippen LogP contribution in [0.5, 0.6) is 0 Å². The van der Waals surface area contributed by atoms with E-state index in [0.29, 0.717) is 25.4 Å². The molecule has 0 spiro atoms. The first-order valence-corrected chi connectivity index (χ1v) is 13.8. The van der Waals surface area contributed by atoms with Gasteiger partial charge in [-0.3, -0.25) is 19.1 Å². The van der Waals surface area contributed by atoms with Gasteiger partial charge in [-0.15, -0.1) is 10.2 Å². The number of piperazine rings is 1. The van der Waals surface area contributed by atoms with Crippen molar-refractivity contribution >= 4 is 29.5 Å². The smallest absolute Gasteiger partial charge is 0.236 e. The number of thioether (sulfide) groups is 1. The number of likely N-dealkylation sites (tertiary alicyclic amines) is 1. The monoisotopic (exact) mass is 497 g/mol. The highest BCUT2D eigenvalue weighted by Crippen LogP contribution is 2.28. The van der Waals surface area contributed by atoms with Gasteiger partial charge < -0.3 is 14.7 Å². The lowest BCUT2D eigenvalue weighted by atomic mass is 10.1. The molecule has 3 aliphatic heterocycles. The summed E-state index contributed by atoms with van der Waals surface area (Å²) in [6, 6.07) is 10.2. The third kappa shape index (κ3) is 5.81. The standard InChI is InChI=1S/C25H35N7O2S/c33-22(29-11-7-8-12-29)19-28-15-17-30(18-16-28)23(34)20-35-25-27-26-24(31-13-5-2-6-14-31)32(25)21-9-3-1-4-10-21/h1,3-4,9-10H,2,5-8,11-20H2. The van der Waals surface area contributed by atoms with Crippen LogP contribution in [0.15, 0.2) is 35.5 Å². The number of hydrogen-bond donors (Lipinski definition) is 0. The van der Waals surface area contributed by atoms with Crippen molar-refractivity contribution in [2.75, 3.05) is 69.6 Å². The molecule has 4 heterocycles. The first kappa shape index (κ1) is 24.1. The fourth-order valence-corrected chi connectivity index (χ4v) is 5.94. The van der Waals surface area contributed by atoms with E-state index in [1.807, 2.05) is 28.0 Å². The van der Waals surface area contributed by atoms with Gasteiger partial charge in [-0.2, -0.15) is 0 Å². The summed E-state index contributed by atoms with van der Waals surface area (Å²) < 4.78 is 2.09. The molecule has 10 heteroatoms. The molecule has 5 rings (SSSR count). The average molecular weight is 498 g/mol. The predicted molar refractivity (Wildman–Crippen MR) is 137 cm³/mol. The largest absolute Gasteiger partial charge is 0.342 e. The van der Waals surface area contributed by atoms with Gasteiger partial charge in [-0.25, -0.2) is 0 Å². The zero-order valence-electron chi connectivity index (χ0n) is 20.3. The summed E-state index contributed by atoms with van der Waals surface area (Å²) >= 11 is 1.45. The van der Waals surface area contributed by atoms with Crippen LogP contribution in [-0.2, 0) is 9.59 Å². The Balaban J connectivity index is 1.18. The van der Waals surface area contributed by atoms with Crippen molar-refractivity contribution < 1.29 is 9.59 Å². The zero-order chi connectivity index (χ0) is 24.0. The van der Waals surface area contributed by atoms with Crippen molar-refractivity contribution in [3.05, 3.63) is 30.3 Å². The Kier molecular flexibility index (Phi) is 7.88. The van der Waals surface area contributed by atoms with E-state index in [1.165, 1.54) is 18.2 Å². The lowest BCUT2D eigenvalue weighted by molar-refractivity contribution is -0.133. The minimum atomic E-state index is 0.114. The van der Waals surface area contributed by atoms with Gasteiger partial charge in [-0.05, 0) is 44.2 Å². The van der Waals surface area contributed by atoms with Gasteiger partial charge in [0, 0.05) is 52.4 Å². The number of para-hydroxylation sites is 1. The molecule has 9 nitrogen and oxygen atoms in total. The second-order valence-corrected chi connectivity index (χ2v) is 10.5. The van der Waals surface area contributed by atoms with E-state index in [0.717, 1.165) is 81.7 Å². The van der Waals surface area contributed by atoms with E-state index in [4.69, 9.17) is 0 Å². The predicted octanol–water partition coefficient (Wildman–Crippen LogP) is 2.12. The minimum Gasteiger partial charge on any atom is -0.342 e. The van der Waals surface area contributed by atoms with Crippen LogP contribution in [-0.4, -0.2) is 106 Å². The molecule has 35 heavy (non-hydrogen) atoms. The number of carbonyl (C=O) groups is 2. The molecular weight excluding hydrogens is 462 g/mol. The van der Waals surface area contributed by atoms with Crippen LogP contribution in [0.2, 0.25) is 0 Å². The quantitative estimate of drug-likeness (QED) is 0.542. The molecule has 2 aromatic rings. The summed E-state index contributed by atoms with van der Waals surface area (Å²) in [7, 11) is 0. The van der Waals surface area contributed by atoms with E-state index in [2.05, 4.69) is 36.7 Å². The fraction of sp³-hybridized carbons (Fsp3) is 0.600. The molecule has 3 aliphatic rings. The average Bonchev–Trinajstić information content (AvgIpc) is 3.59. The van der Waals surface area contributed by atoms with Crippen LogP contribution >= 0.6 is 11.8 Å². The SMILES string of the molecule is O=C(CSc1nnc(N2CCCCC2)n1-c1ccccc1)N1CCN(CC(=O)N2CCCC2)CC1. The van der Waals surface area contributed by atoms with Gasteiger partial charge in [0.1, 0.15) is 0 Å². The highest BCUT2D eigenvalue weighted by atomic mass is 32.2.